The highest BCUT2D eigenvalue weighted by molar-refractivity contribution is 5.66. The molecule has 7 rings (SSSR count). The Bertz CT molecular complexity index is 649. The van der Waals surface area contributed by atoms with Gasteiger partial charge in [-0.15, -0.1) is 0 Å². The van der Waals surface area contributed by atoms with E-state index in [1.54, 1.807) is 19.3 Å². The normalized spacial score (nSPS) is 46.6. The number of hydrogen-bond donors (Lipinski definition) is 2. The van der Waals surface area contributed by atoms with Gasteiger partial charge in [0.05, 0.1) is 11.4 Å². The van der Waals surface area contributed by atoms with Gasteiger partial charge in [-0.2, -0.15) is 0 Å². The van der Waals surface area contributed by atoms with Gasteiger partial charge in [0.25, 0.3) is 0 Å². The molecule has 26 heavy (non-hydrogen) atoms. The van der Waals surface area contributed by atoms with E-state index in [1.165, 1.54) is 44.9 Å². The summed E-state index contributed by atoms with van der Waals surface area (Å²) in [7, 11) is 0. The van der Waals surface area contributed by atoms with E-state index in [9.17, 15) is 0 Å². The minimum absolute atomic E-state index is 0.595. The quantitative estimate of drug-likeness (QED) is 0.779. The lowest BCUT2D eigenvalue weighted by Gasteiger charge is -2.63. The summed E-state index contributed by atoms with van der Waals surface area (Å²) in [5, 5.41) is 3.79. The van der Waals surface area contributed by atoms with E-state index >= 15 is 0 Å². The van der Waals surface area contributed by atoms with Gasteiger partial charge in [-0.05, 0) is 94.1 Å². The van der Waals surface area contributed by atoms with Crippen molar-refractivity contribution in [2.45, 2.75) is 87.9 Å². The summed E-state index contributed by atoms with van der Waals surface area (Å²) in [6, 6.07) is 10.5. The first-order valence-electron chi connectivity index (χ1n) is 11.1. The van der Waals surface area contributed by atoms with Crippen LogP contribution in [0.4, 0.5) is 11.4 Å². The van der Waals surface area contributed by atoms with Crippen molar-refractivity contribution in [2.75, 3.05) is 11.1 Å². The first-order valence-corrected chi connectivity index (χ1v) is 11.1. The molecule has 4 aliphatic carbocycles. The van der Waals surface area contributed by atoms with Crippen LogP contribution in [0, 0.1) is 17.8 Å². The molecule has 3 N–H and O–H groups in total. The molecule has 2 heterocycles. The van der Waals surface area contributed by atoms with Crippen molar-refractivity contribution in [3.63, 3.8) is 0 Å². The molecule has 3 heteroatoms. The van der Waals surface area contributed by atoms with Crippen LogP contribution in [0.3, 0.4) is 0 Å². The van der Waals surface area contributed by atoms with E-state index in [2.05, 4.69) is 22.3 Å². The molecule has 4 saturated carbocycles. The number of benzene rings is 1. The lowest BCUT2D eigenvalue weighted by atomic mass is 9.52. The summed E-state index contributed by atoms with van der Waals surface area (Å²) >= 11 is 0. The second-order valence-electron chi connectivity index (χ2n) is 10.3. The summed E-state index contributed by atoms with van der Waals surface area (Å²) in [5.41, 5.74) is 8.81. The van der Waals surface area contributed by atoms with Crippen LogP contribution in [0.5, 0.6) is 0 Å². The minimum Gasteiger partial charge on any atom is -0.397 e. The Hall–Kier alpha value is -1.22. The van der Waals surface area contributed by atoms with Gasteiger partial charge >= 0.3 is 0 Å². The topological polar surface area (TPSA) is 41.3 Å². The predicted molar refractivity (Wildman–Crippen MR) is 107 cm³/mol. The highest BCUT2D eigenvalue weighted by atomic mass is 15.3. The lowest BCUT2D eigenvalue weighted by Crippen LogP contribution is -2.65. The van der Waals surface area contributed by atoms with Gasteiger partial charge < -0.3 is 11.1 Å². The zero-order valence-corrected chi connectivity index (χ0v) is 15.9. The average Bonchev–Trinajstić information content (AvgIpc) is 2.88. The molecule has 6 bridgehead atoms. The van der Waals surface area contributed by atoms with E-state index < -0.39 is 0 Å². The van der Waals surface area contributed by atoms with Crippen LogP contribution in [-0.2, 0) is 0 Å². The number of para-hydroxylation sites is 2. The van der Waals surface area contributed by atoms with E-state index in [0.29, 0.717) is 11.6 Å². The van der Waals surface area contributed by atoms with E-state index in [-0.39, 0.29) is 0 Å². The van der Waals surface area contributed by atoms with E-state index in [1.807, 2.05) is 12.1 Å². The fourth-order valence-corrected chi connectivity index (χ4v) is 8.30. The number of nitrogen functional groups attached to an aromatic ring is 1. The van der Waals surface area contributed by atoms with Gasteiger partial charge in [0.15, 0.2) is 0 Å². The number of piperidine rings is 1. The predicted octanol–water partition coefficient (Wildman–Crippen LogP) is 4.64. The summed E-state index contributed by atoms with van der Waals surface area (Å²) in [6.45, 7) is 0. The summed E-state index contributed by atoms with van der Waals surface area (Å²) < 4.78 is 0. The standard InChI is InChI=1S/C23H33N3/c24-21-3-1-2-4-22(21)25-18-10-19-5-6-20(11-18)26(19)23-12-15-7-16(13-23)9-17(8-15)14-23/h1-4,15-20,25H,5-14,24H2. The van der Waals surface area contributed by atoms with E-state index in [4.69, 9.17) is 5.73 Å². The second kappa shape index (κ2) is 5.64. The molecule has 140 valence electrons. The number of nitrogens with zero attached hydrogens (tertiary/aromatic N) is 1. The third-order valence-electron chi connectivity index (χ3n) is 8.61. The van der Waals surface area contributed by atoms with Crippen molar-refractivity contribution in [1.82, 2.24) is 4.90 Å². The first-order chi connectivity index (χ1) is 12.7. The third kappa shape index (κ3) is 2.35. The van der Waals surface area contributed by atoms with Crippen LogP contribution in [-0.4, -0.2) is 28.6 Å². The Kier molecular flexibility index (Phi) is 3.43. The molecule has 0 spiro atoms. The highest BCUT2D eigenvalue weighted by Crippen LogP contribution is 2.60. The van der Waals surface area contributed by atoms with Crippen LogP contribution >= 0.6 is 0 Å². The number of rotatable bonds is 3. The molecular formula is C23H33N3. The highest BCUT2D eigenvalue weighted by Gasteiger charge is 2.58. The molecule has 2 saturated heterocycles. The van der Waals surface area contributed by atoms with Crippen molar-refractivity contribution >= 4 is 11.4 Å². The maximum Gasteiger partial charge on any atom is 0.0576 e. The molecule has 0 amide bonds. The fraction of sp³-hybridized carbons (Fsp3) is 0.739. The summed E-state index contributed by atoms with van der Waals surface area (Å²) in [4.78, 5) is 3.10. The molecule has 2 atom stereocenters. The van der Waals surface area contributed by atoms with E-state index in [0.717, 1.165) is 41.2 Å². The van der Waals surface area contributed by atoms with Crippen LogP contribution < -0.4 is 11.1 Å². The molecule has 2 aliphatic heterocycles. The minimum atomic E-state index is 0.595. The third-order valence-corrected chi connectivity index (χ3v) is 8.61. The van der Waals surface area contributed by atoms with Crippen LogP contribution in [0.1, 0.15) is 64.2 Å². The maximum absolute atomic E-state index is 6.18. The van der Waals surface area contributed by atoms with Gasteiger partial charge in [0.1, 0.15) is 0 Å². The van der Waals surface area contributed by atoms with Crippen LogP contribution in [0.15, 0.2) is 24.3 Å². The molecule has 1 aromatic rings. The van der Waals surface area contributed by atoms with Crippen molar-refractivity contribution in [3.8, 4) is 0 Å². The zero-order valence-electron chi connectivity index (χ0n) is 15.9. The smallest absolute Gasteiger partial charge is 0.0576 e. The Morgan fingerprint density at radius 1 is 0.846 bits per heavy atom. The number of hydrogen-bond acceptors (Lipinski definition) is 3. The molecular weight excluding hydrogens is 318 g/mol. The lowest BCUT2D eigenvalue weighted by molar-refractivity contribution is -0.117. The average molecular weight is 352 g/mol. The van der Waals surface area contributed by atoms with Gasteiger partial charge in [-0.25, -0.2) is 0 Å². The largest absolute Gasteiger partial charge is 0.397 e. The van der Waals surface area contributed by atoms with Crippen LogP contribution in [0.25, 0.3) is 0 Å². The first kappa shape index (κ1) is 15.8. The second-order valence-corrected chi connectivity index (χ2v) is 10.3. The van der Waals surface area contributed by atoms with Gasteiger partial charge in [-0.1, -0.05) is 12.1 Å². The van der Waals surface area contributed by atoms with Gasteiger partial charge in [0.2, 0.25) is 0 Å². The molecule has 1 aromatic carbocycles. The zero-order chi connectivity index (χ0) is 17.3. The Morgan fingerprint density at radius 3 is 2.00 bits per heavy atom. The van der Waals surface area contributed by atoms with Crippen molar-refractivity contribution in [2.24, 2.45) is 17.8 Å². The fourth-order valence-electron chi connectivity index (χ4n) is 8.30. The van der Waals surface area contributed by atoms with Crippen LogP contribution in [0.2, 0.25) is 0 Å². The molecule has 3 nitrogen and oxygen atoms in total. The Labute approximate surface area is 157 Å². The Morgan fingerprint density at radius 2 is 1.42 bits per heavy atom. The molecule has 2 unspecified atom stereocenters. The Balaban J connectivity index is 1.22. The number of nitrogens with one attached hydrogen (secondary N) is 1. The number of fused-ring (bicyclic) bond motifs is 2. The monoisotopic (exact) mass is 351 g/mol. The molecule has 6 aliphatic rings. The molecule has 6 fully saturated rings. The maximum atomic E-state index is 6.18. The summed E-state index contributed by atoms with van der Waals surface area (Å²) in [5.74, 6) is 3.17. The molecule has 0 aromatic heterocycles. The molecule has 0 radical (unpaired) electrons. The van der Waals surface area contributed by atoms with Crippen molar-refractivity contribution < 1.29 is 0 Å². The number of nitrogens with two attached hydrogens (primary N) is 1. The van der Waals surface area contributed by atoms with Gasteiger partial charge in [-0.3, -0.25) is 4.90 Å². The van der Waals surface area contributed by atoms with Crippen molar-refractivity contribution in [3.05, 3.63) is 24.3 Å². The van der Waals surface area contributed by atoms with Crippen molar-refractivity contribution in [1.29, 1.82) is 0 Å². The summed E-state index contributed by atoms with van der Waals surface area (Å²) in [6.07, 6.45) is 14.7. The SMILES string of the molecule is Nc1ccccc1NC1CC2CCC(C1)N2C12CC3CC(CC(C3)C1)C2. The van der Waals surface area contributed by atoms with Gasteiger partial charge in [0, 0.05) is 23.7 Å². The number of anilines is 2.